The van der Waals surface area contributed by atoms with Crippen molar-refractivity contribution >= 4 is 11.8 Å². The average molecular weight is 301 g/mol. The van der Waals surface area contributed by atoms with E-state index < -0.39 is 0 Å². The summed E-state index contributed by atoms with van der Waals surface area (Å²) in [5.74, 6) is 2.27. The van der Waals surface area contributed by atoms with Crippen LogP contribution in [-0.4, -0.2) is 34.6 Å². The summed E-state index contributed by atoms with van der Waals surface area (Å²) in [6.07, 6.45) is 5.18. The van der Waals surface area contributed by atoms with Crippen molar-refractivity contribution in [2.45, 2.75) is 27.3 Å². The van der Waals surface area contributed by atoms with Crippen LogP contribution in [0.2, 0.25) is 0 Å². The van der Waals surface area contributed by atoms with Crippen LogP contribution >= 0.6 is 0 Å². The molecular weight excluding hydrogens is 278 g/mol. The summed E-state index contributed by atoms with van der Waals surface area (Å²) in [6, 6.07) is 4.09. The van der Waals surface area contributed by atoms with Crippen molar-refractivity contribution in [1.29, 1.82) is 0 Å². The Balaban J connectivity index is 1.97. The summed E-state index contributed by atoms with van der Waals surface area (Å²) in [6.45, 7) is 9.35. The van der Waals surface area contributed by atoms with Crippen molar-refractivity contribution in [2.75, 3.05) is 29.9 Å². The van der Waals surface area contributed by atoms with Crippen LogP contribution in [0.25, 0.3) is 0 Å². The highest BCUT2D eigenvalue weighted by Crippen LogP contribution is 2.14. The molecule has 0 spiro atoms. The Morgan fingerprint density at radius 3 is 2.45 bits per heavy atom. The van der Waals surface area contributed by atoms with Crippen LogP contribution in [0.4, 0.5) is 11.8 Å². The monoisotopic (exact) mass is 301 g/mol. The van der Waals surface area contributed by atoms with Gasteiger partial charge in [-0.05, 0) is 38.5 Å². The zero-order valence-electron chi connectivity index (χ0n) is 13.4. The Bertz CT molecular complexity index is 569. The standard InChI is InChI=1S/C16H23N5O/c1-4-21(5-2)15-9-13(7-8-17-15)10-18-16-19-11-14(12-20-16)22-6-3/h7-9,11-12H,4-6,10H2,1-3H3,(H,18,19,20). The number of anilines is 2. The number of hydrogen-bond acceptors (Lipinski definition) is 6. The van der Waals surface area contributed by atoms with E-state index in [4.69, 9.17) is 4.74 Å². The predicted octanol–water partition coefficient (Wildman–Crippen LogP) is 2.73. The minimum Gasteiger partial charge on any atom is -0.491 e. The number of pyridine rings is 1. The summed E-state index contributed by atoms with van der Waals surface area (Å²) in [7, 11) is 0. The van der Waals surface area contributed by atoms with Crippen molar-refractivity contribution in [3.63, 3.8) is 0 Å². The second-order valence-corrected chi connectivity index (χ2v) is 4.72. The quantitative estimate of drug-likeness (QED) is 0.809. The van der Waals surface area contributed by atoms with Crippen molar-refractivity contribution < 1.29 is 4.74 Å². The van der Waals surface area contributed by atoms with Gasteiger partial charge in [-0.3, -0.25) is 0 Å². The topological polar surface area (TPSA) is 63.2 Å². The smallest absolute Gasteiger partial charge is 0.223 e. The molecule has 0 radical (unpaired) electrons. The molecule has 0 aliphatic rings. The van der Waals surface area contributed by atoms with Gasteiger partial charge in [-0.15, -0.1) is 0 Å². The van der Waals surface area contributed by atoms with Crippen molar-refractivity contribution in [3.8, 4) is 5.75 Å². The zero-order valence-corrected chi connectivity index (χ0v) is 13.4. The van der Waals surface area contributed by atoms with E-state index in [-0.39, 0.29) is 0 Å². The third-order valence-corrected chi connectivity index (χ3v) is 3.29. The molecule has 6 nitrogen and oxygen atoms in total. The van der Waals surface area contributed by atoms with Gasteiger partial charge in [0.05, 0.1) is 19.0 Å². The van der Waals surface area contributed by atoms with Crippen LogP contribution in [-0.2, 0) is 6.54 Å². The van der Waals surface area contributed by atoms with Crippen LogP contribution in [0.1, 0.15) is 26.3 Å². The molecule has 2 rings (SSSR count). The van der Waals surface area contributed by atoms with Gasteiger partial charge in [0.2, 0.25) is 5.95 Å². The van der Waals surface area contributed by atoms with E-state index in [2.05, 4.69) is 45.1 Å². The fourth-order valence-corrected chi connectivity index (χ4v) is 2.12. The van der Waals surface area contributed by atoms with E-state index in [0.717, 1.165) is 24.5 Å². The molecule has 2 heterocycles. The molecule has 0 aliphatic carbocycles. The molecular formula is C16H23N5O. The van der Waals surface area contributed by atoms with Gasteiger partial charge in [0, 0.05) is 25.8 Å². The van der Waals surface area contributed by atoms with Gasteiger partial charge in [0.25, 0.3) is 0 Å². The second kappa shape index (κ2) is 8.17. The molecule has 22 heavy (non-hydrogen) atoms. The van der Waals surface area contributed by atoms with Crippen LogP contribution in [0, 0.1) is 0 Å². The lowest BCUT2D eigenvalue weighted by molar-refractivity contribution is 0.337. The summed E-state index contributed by atoms with van der Waals surface area (Å²) in [4.78, 5) is 15.1. The molecule has 0 aliphatic heterocycles. The Morgan fingerprint density at radius 2 is 1.82 bits per heavy atom. The summed E-state index contributed by atoms with van der Waals surface area (Å²) in [5.41, 5.74) is 1.15. The van der Waals surface area contributed by atoms with E-state index in [9.17, 15) is 0 Å². The Labute approximate surface area is 131 Å². The van der Waals surface area contributed by atoms with E-state index in [1.54, 1.807) is 12.4 Å². The molecule has 0 atom stereocenters. The SMILES string of the molecule is CCOc1cnc(NCc2ccnc(N(CC)CC)c2)nc1. The van der Waals surface area contributed by atoms with E-state index in [0.29, 0.717) is 24.8 Å². The highest BCUT2D eigenvalue weighted by molar-refractivity contribution is 5.41. The van der Waals surface area contributed by atoms with Gasteiger partial charge in [0.1, 0.15) is 5.82 Å². The van der Waals surface area contributed by atoms with Gasteiger partial charge >= 0.3 is 0 Å². The van der Waals surface area contributed by atoms with Crippen molar-refractivity contribution in [2.24, 2.45) is 0 Å². The predicted molar refractivity (Wildman–Crippen MR) is 88.3 cm³/mol. The minimum absolute atomic E-state index is 0.588. The molecule has 6 heteroatoms. The fourth-order valence-electron chi connectivity index (χ4n) is 2.12. The molecule has 0 amide bonds. The molecule has 0 saturated carbocycles. The normalized spacial score (nSPS) is 10.3. The summed E-state index contributed by atoms with van der Waals surface area (Å²) in [5, 5.41) is 3.21. The summed E-state index contributed by atoms with van der Waals surface area (Å²) < 4.78 is 5.32. The number of rotatable bonds is 8. The van der Waals surface area contributed by atoms with Crippen molar-refractivity contribution in [3.05, 3.63) is 36.3 Å². The summed E-state index contributed by atoms with van der Waals surface area (Å²) >= 11 is 0. The number of ether oxygens (including phenoxy) is 1. The van der Waals surface area contributed by atoms with E-state index in [1.807, 2.05) is 19.2 Å². The van der Waals surface area contributed by atoms with Gasteiger partial charge in [0.15, 0.2) is 5.75 Å². The number of nitrogens with one attached hydrogen (secondary N) is 1. The van der Waals surface area contributed by atoms with E-state index in [1.165, 1.54) is 0 Å². The highest BCUT2D eigenvalue weighted by Gasteiger charge is 2.04. The Kier molecular flexibility index (Phi) is 5.94. The van der Waals surface area contributed by atoms with Gasteiger partial charge in [-0.1, -0.05) is 0 Å². The maximum atomic E-state index is 5.32. The maximum absolute atomic E-state index is 5.32. The van der Waals surface area contributed by atoms with Crippen LogP contribution in [0.5, 0.6) is 5.75 Å². The van der Waals surface area contributed by atoms with E-state index >= 15 is 0 Å². The van der Waals surface area contributed by atoms with Crippen LogP contribution < -0.4 is 15.0 Å². The first-order valence-electron chi connectivity index (χ1n) is 7.65. The number of aromatic nitrogens is 3. The minimum atomic E-state index is 0.588. The third kappa shape index (κ3) is 4.31. The lowest BCUT2D eigenvalue weighted by atomic mass is 10.2. The molecule has 0 unspecified atom stereocenters. The molecule has 2 aromatic rings. The maximum Gasteiger partial charge on any atom is 0.223 e. The zero-order chi connectivity index (χ0) is 15.8. The molecule has 118 valence electrons. The van der Waals surface area contributed by atoms with Crippen LogP contribution in [0.3, 0.4) is 0 Å². The molecule has 0 saturated heterocycles. The van der Waals surface area contributed by atoms with Crippen molar-refractivity contribution in [1.82, 2.24) is 15.0 Å². The first-order chi connectivity index (χ1) is 10.8. The molecule has 0 fully saturated rings. The number of hydrogen-bond donors (Lipinski definition) is 1. The first kappa shape index (κ1) is 16.0. The second-order valence-electron chi connectivity index (χ2n) is 4.72. The largest absolute Gasteiger partial charge is 0.491 e. The fraction of sp³-hybridized carbons (Fsp3) is 0.438. The first-order valence-corrected chi connectivity index (χ1v) is 7.65. The highest BCUT2D eigenvalue weighted by atomic mass is 16.5. The Hall–Kier alpha value is -2.37. The molecule has 1 N–H and O–H groups in total. The van der Waals surface area contributed by atoms with Gasteiger partial charge in [-0.25, -0.2) is 15.0 Å². The number of nitrogens with zero attached hydrogens (tertiary/aromatic N) is 4. The van der Waals surface area contributed by atoms with Gasteiger partial charge in [-0.2, -0.15) is 0 Å². The molecule has 2 aromatic heterocycles. The van der Waals surface area contributed by atoms with Crippen LogP contribution in [0.15, 0.2) is 30.7 Å². The Morgan fingerprint density at radius 1 is 1.09 bits per heavy atom. The van der Waals surface area contributed by atoms with Gasteiger partial charge < -0.3 is 15.0 Å². The molecule has 0 bridgehead atoms. The average Bonchev–Trinajstić information content (AvgIpc) is 2.56. The lowest BCUT2D eigenvalue weighted by Gasteiger charge is -2.20. The molecule has 0 aromatic carbocycles. The lowest BCUT2D eigenvalue weighted by Crippen LogP contribution is -2.23. The third-order valence-electron chi connectivity index (χ3n) is 3.29.